The number of methoxy groups -OCH3 is 1. The maximum absolute atomic E-state index is 11.8. The van der Waals surface area contributed by atoms with Crippen molar-refractivity contribution >= 4 is 17.3 Å². The number of hydrogen-bond acceptors (Lipinski definition) is 5. The molecule has 1 fully saturated rings. The largest absolute Gasteiger partial charge is 0.464 e. The molecule has 1 aliphatic rings. The van der Waals surface area contributed by atoms with Crippen LogP contribution < -0.4 is 0 Å². The van der Waals surface area contributed by atoms with E-state index in [9.17, 15) is 4.79 Å². The first-order valence-electron chi connectivity index (χ1n) is 6.19. The van der Waals surface area contributed by atoms with Gasteiger partial charge in [0.1, 0.15) is 5.01 Å². The van der Waals surface area contributed by atoms with Gasteiger partial charge in [-0.05, 0) is 25.7 Å². The monoisotopic (exact) mass is 277 g/mol. The smallest absolute Gasteiger partial charge is 0.357 e. The summed E-state index contributed by atoms with van der Waals surface area (Å²) in [7, 11) is 3.11. The first-order valence-corrected chi connectivity index (χ1v) is 7.01. The zero-order chi connectivity index (χ0) is 13.6. The van der Waals surface area contributed by atoms with Gasteiger partial charge in [0.2, 0.25) is 0 Å². The van der Waals surface area contributed by atoms with E-state index in [1.807, 2.05) is 6.92 Å². The van der Waals surface area contributed by atoms with E-state index in [4.69, 9.17) is 4.74 Å². The molecule has 0 aliphatic heterocycles. The predicted octanol–water partition coefficient (Wildman–Crippen LogP) is 2.52. The fraction of sp³-hybridized carbons (Fsp3) is 0.462. The Labute approximate surface area is 115 Å². The fourth-order valence-corrected chi connectivity index (χ4v) is 3.43. The van der Waals surface area contributed by atoms with Crippen molar-refractivity contribution in [3.8, 4) is 10.6 Å². The van der Waals surface area contributed by atoms with Crippen LogP contribution in [-0.4, -0.2) is 27.8 Å². The number of carbonyl (C=O) groups excluding carboxylic acids is 1. The molecule has 0 radical (unpaired) electrons. The van der Waals surface area contributed by atoms with Gasteiger partial charge in [-0.3, -0.25) is 4.68 Å². The van der Waals surface area contributed by atoms with Crippen LogP contribution in [0.2, 0.25) is 0 Å². The maximum atomic E-state index is 11.8. The Balaban J connectivity index is 2.06. The molecule has 6 heteroatoms. The number of carbonyl (C=O) groups is 1. The van der Waals surface area contributed by atoms with Crippen molar-refractivity contribution in [2.24, 2.45) is 7.05 Å². The molecule has 3 rings (SSSR count). The highest BCUT2D eigenvalue weighted by atomic mass is 32.1. The molecule has 2 aromatic heterocycles. The summed E-state index contributed by atoms with van der Waals surface area (Å²) >= 11 is 1.67. The Kier molecular flexibility index (Phi) is 2.89. The second-order valence-corrected chi connectivity index (χ2v) is 5.80. The molecular weight excluding hydrogens is 262 g/mol. The van der Waals surface area contributed by atoms with Crippen LogP contribution in [0.3, 0.4) is 0 Å². The van der Waals surface area contributed by atoms with E-state index in [1.165, 1.54) is 29.5 Å². The van der Waals surface area contributed by atoms with Gasteiger partial charge in [-0.15, -0.1) is 11.3 Å². The molecule has 0 N–H and O–H groups in total. The molecule has 0 saturated heterocycles. The van der Waals surface area contributed by atoms with Crippen molar-refractivity contribution in [2.45, 2.75) is 25.7 Å². The Morgan fingerprint density at radius 1 is 1.53 bits per heavy atom. The Bertz CT molecular complexity index is 640. The number of thiazole rings is 1. The third kappa shape index (κ3) is 2.06. The van der Waals surface area contributed by atoms with Crippen LogP contribution in [-0.2, 0) is 11.8 Å². The normalized spacial score (nSPS) is 14.7. The lowest BCUT2D eigenvalue weighted by molar-refractivity contribution is 0.0589. The van der Waals surface area contributed by atoms with Crippen molar-refractivity contribution in [3.05, 3.63) is 22.5 Å². The average Bonchev–Trinajstić information content (AvgIpc) is 3.06. The first-order chi connectivity index (χ1) is 9.11. The maximum Gasteiger partial charge on any atom is 0.357 e. The summed E-state index contributed by atoms with van der Waals surface area (Å²) in [5, 5.41) is 5.00. The van der Waals surface area contributed by atoms with E-state index >= 15 is 0 Å². The van der Waals surface area contributed by atoms with Gasteiger partial charge in [-0.2, -0.15) is 5.10 Å². The van der Waals surface area contributed by atoms with Gasteiger partial charge in [0.25, 0.3) is 0 Å². The number of rotatable bonds is 3. The lowest BCUT2D eigenvalue weighted by Gasteiger charge is -2.01. The molecule has 0 bridgehead atoms. The fourth-order valence-electron chi connectivity index (χ4n) is 2.18. The van der Waals surface area contributed by atoms with E-state index in [0.29, 0.717) is 11.6 Å². The Morgan fingerprint density at radius 2 is 2.26 bits per heavy atom. The molecule has 1 aliphatic carbocycles. The van der Waals surface area contributed by atoms with Crippen molar-refractivity contribution in [1.82, 2.24) is 14.8 Å². The minimum Gasteiger partial charge on any atom is -0.464 e. The quantitative estimate of drug-likeness (QED) is 0.809. The summed E-state index contributed by atoms with van der Waals surface area (Å²) < 4.78 is 6.35. The summed E-state index contributed by atoms with van der Waals surface area (Å²) in [6.07, 6.45) is 4.18. The lowest BCUT2D eigenvalue weighted by atomic mass is 10.2. The summed E-state index contributed by atoms with van der Waals surface area (Å²) in [5.74, 6) is 0.292. The predicted molar refractivity (Wildman–Crippen MR) is 72.4 cm³/mol. The van der Waals surface area contributed by atoms with Gasteiger partial charge in [-0.1, -0.05) is 0 Å². The van der Waals surface area contributed by atoms with Crippen LogP contribution >= 0.6 is 11.3 Å². The zero-order valence-electron chi connectivity index (χ0n) is 11.1. The molecular formula is C13H15N3O2S. The van der Waals surface area contributed by atoms with E-state index in [0.717, 1.165) is 16.3 Å². The molecule has 0 spiro atoms. The molecule has 1 saturated carbocycles. The number of nitrogens with zero attached hydrogens (tertiary/aromatic N) is 3. The zero-order valence-corrected chi connectivity index (χ0v) is 12.0. The van der Waals surface area contributed by atoms with Gasteiger partial charge in [0.05, 0.1) is 24.6 Å². The molecule has 0 aromatic carbocycles. The highest BCUT2D eigenvalue weighted by molar-refractivity contribution is 7.15. The minimum absolute atomic E-state index is 0.379. The number of aryl methyl sites for hydroxylation is 2. The molecule has 0 atom stereocenters. The van der Waals surface area contributed by atoms with E-state index in [2.05, 4.69) is 10.1 Å². The molecule has 0 unspecified atom stereocenters. The van der Waals surface area contributed by atoms with Gasteiger partial charge in [0, 0.05) is 11.9 Å². The average molecular weight is 277 g/mol. The van der Waals surface area contributed by atoms with Crippen LogP contribution in [0.4, 0.5) is 0 Å². The standard InChI is InChI=1S/C13H15N3O2S/c1-7-11(8-4-5-8)19-12(15-7)9-6-14-16(2)10(9)13(17)18-3/h6,8H,4-5H2,1-3H3. The molecule has 5 nitrogen and oxygen atoms in total. The second-order valence-electron chi connectivity index (χ2n) is 4.76. The molecule has 0 amide bonds. The van der Waals surface area contributed by atoms with Gasteiger partial charge >= 0.3 is 5.97 Å². The van der Waals surface area contributed by atoms with Gasteiger partial charge in [-0.25, -0.2) is 9.78 Å². The molecule has 100 valence electrons. The lowest BCUT2D eigenvalue weighted by Crippen LogP contribution is -2.09. The molecule has 2 heterocycles. The van der Waals surface area contributed by atoms with Crippen LogP contribution in [0.25, 0.3) is 10.6 Å². The van der Waals surface area contributed by atoms with Crippen molar-refractivity contribution in [1.29, 1.82) is 0 Å². The van der Waals surface area contributed by atoms with Crippen LogP contribution in [0, 0.1) is 6.92 Å². The summed E-state index contributed by atoms with van der Waals surface area (Å²) in [5.41, 5.74) is 2.29. The van der Waals surface area contributed by atoms with E-state index < -0.39 is 0 Å². The highest BCUT2D eigenvalue weighted by Gasteiger charge is 2.29. The third-order valence-electron chi connectivity index (χ3n) is 3.33. The van der Waals surface area contributed by atoms with Crippen LogP contribution in [0.5, 0.6) is 0 Å². The Hall–Kier alpha value is -1.69. The van der Waals surface area contributed by atoms with Crippen LogP contribution in [0.1, 0.15) is 39.8 Å². The number of aromatic nitrogens is 3. The molecule has 19 heavy (non-hydrogen) atoms. The summed E-state index contributed by atoms with van der Waals surface area (Å²) in [6, 6.07) is 0. The summed E-state index contributed by atoms with van der Waals surface area (Å²) in [4.78, 5) is 17.8. The highest BCUT2D eigenvalue weighted by Crippen LogP contribution is 2.46. The minimum atomic E-state index is -0.379. The number of hydrogen-bond donors (Lipinski definition) is 0. The topological polar surface area (TPSA) is 57.0 Å². The molecule has 2 aromatic rings. The van der Waals surface area contributed by atoms with Gasteiger partial charge < -0.3 is 4.74 Å². The first kappa shape index (κ1) is 12.3. The number of esters is 1. The Morgan fingerprint density at radius 3 is 2.89 bits per heavy atom. The van der Waals surface area contributed by atoms with Crippen molar-refractivity contribution < 1.29 is 9.53 Å². The third-order valence-corrected chi connectivity index (χ3v) is 4.68. The number of ether oxygens (including phenoxy) is 1. The van der Waals surface area contributed by atoms with E-state index in [1.54, 1.807) is 24.6 Å². The van der Waals surface area contributed by atoms with Crippen molar-refractivity contribution in [2.75, 3.05) is 7.11 Å². The van der Waals surface area contributed by atoms with Crippen molar-refractivity contribution in [3.63, 3.8) is 0 Å². The van der Waals surface area contributed by atoms with Gasteiger partial charge in [0.15, 0.2) is 5.69 Å². The SMILES string of the molecule is COC(=O)c1c(-c2nc(C)c(C3CC3)s2)cnn1C. The van der Waals surface area contributed by atoms with E-state index in [-0.39, 0.29) is 5.97 Å². The van der Waals surface area contributed by atoms with Crippen LogP contribution in [0.15, 0.2) is 6.20 Å². The summed E-state index contributed by atoms with van der Waals surface area (Å²) in [6.45, 7) is 2.03. The second kappa shape index (κ2) is 4.45.